The van der Waals surface area contributed by atoms with Gasteiger partial charge in [-0.3, -0.25) is 0 Å². The summed E-state index contributed by atoms with van der Waals surface area (Å²) in [6, 6.07) is 8.67. The largest absolute Gasteiger partial charge is 0.368 e. The lowest BCUT2D eigenvalue weighted by molar-refractivity contribution is 0.337. The number of hydrogen-bond donors (Lipinski definition) is 2. The van der Waals surface area contributed by atoms with Crippen molar-refractivity contribution in [3.63, 3.8) is 0 Å². The molecular weight excluding hydrogens is 436 g/mol. The second-order valence-electron chi connectivity index (χ2n) is 9.88. The zero-order chi connectivity index (χ0) is 23.9. The quantitative estimate of drug-likeness (QED) is 0.447. The molecule has 0 saturated heterocycles. The normalized spacial score (nSPS) is 17.5. The number of aromatic nitrogens is 7. The monoisotopic (exact) mass is 472 g/mol. The van der Waals surface area contributed by atoms with E-state index in [2.05, 4.69) is 74.0 Å². The Bertz CT molecular complexity index is 1110. The summed E-state index contributed by atoms with van der Waals surface area (Å²) in [4.78, 5) is 5.00. The van der Waals surface area contributed by atoms with E-state index in [0.717, 1.165) is 55.4 Å². The lowest BCUT2D eigenvalue weighted by Gasteiger charge is -2.26. The van der Waals surface area contributed by atoms with E-state index in [1.807, 2.05) is 12.4 Å². The molecule has 2 N–H and O–H groups in total. The fraction of sp³-hybridized carbons (Fsp3) is 0.519. The standard InChI is InChI=1S/C27H36N8/c1-2-3-19-35-25(29-24(32-35)14-11-21-7-5-4-6-8-21)20-22-9-12-23(13-10-22)27(15-17-28-18-16-27)26-30-33-34-31-26/h9-10,12-13,15-18,21,28H,2-8,11,14,19-20H2,1H3,(H,30,31,33,34). The molecule has 0 spiro atoms. The van der Waals surface area contributed by atoms with Gasteiger partial charge < -0.3 is 5.32 Å². The zero-order valence-electron chi connectivity index (χ0n) is 20.7. The van der Waals surface area contributed by atoms with Gasteiger partial charge in [0.1, 0.15) is 5.82 Å². The van der Waals surface area contributed by atoms with Crippen LogP contribution in [0.5, 0.6) is 0 Å². The van der Waals surface area contributed by atoms with Crippen molar-refractivity contribution >= 4 is 0 Å². The van der Waals surface area contributed by atoms with E-state index < -0.39 is 5.41 Å². The Morgan fingerprint density at radius 2 is 1.86 bits per heavy atom. The molecule has 0 amide bonds. The van der Waals surface area contributed by atoms with E-state index in [1.165, 1.54) is 44.1 Å². The SMILES string of the molecule is CCCCn1nc(CCC2CCCCC2)nc1Cc1ccc(C2(c3nn[nH]n3)C=CNC=C2)cc1. The molecule has 1 aliphatic carbocycles. The fourth-order valence-electron chi connectivity index (χ4n) is 5.32. The van der Waals surface area contributed by atoms with Gasteiger partial charge in [-0.25, -0.2) is 9.67 Å². The topological polar surface area (TPSA) is 97.2 Å². The third-order valence-corrected chi connectivity index (χ3v) is 7.41. The highest BCUT2D eigenvalue weighted by Crippen LogP contribution is 2.34. The number of tetrazole rings is 1. The number of unbranched alkanes of at least 4 members (excludes halogenated alkanes) is 1. The fourth-order valence-corrected chi connectivity index (χ4v) is 5.32. The Morgan fingerprint density at radius 3 is 2.57 bits per heavy atom. The van der Waals surface area contributed by atoms with Crippen molar-refractivity contribution in [2.45, 2.75) is 83.1 Å². The Hall–Kier alpha value is -3.29. The van der Waals surface area contributed by atoms with Crippen LogP contribution in [0.25, 0.3) is 0 Å². The average Bonchev–Trinajstić information content (AvgIpc) is 3.59. The summed E-state index contributed by atoms with van der Waals surface area (Å²) < 4.78 is 2.15. The maximum absolute atomic E-state index is 5.00. The summed E-state index contributed by atoms with van der Waals surface area (Å²) >= 11 is 0. The van der Waals surface area contributed by atoms with Crippen molar-refractivity contribution in [1.29, 1.82) is 0 Å². The van der Waals surface area contributed by atoms with Crippen molar-refractivity contribution in [2.24, 2.45) is 5.92 Å². The van der Waals surface area contributed by atoms with Crippen LogP contribution in [-0.4, -0.2) is 35.4 Å². The van der Waals surface area contributed by atoms with Crippen LogP contribution in [0.1, 0.15) is 86.9 Å². The first-order valence-electron chi connectivity index (χ1n) is 13.1. The maximum Gasteiger partial charge on any atom is 0.192 e. The van der Waals surface area contributed by atoms with Crippen LogP contribution in [-0.2, 0) is 24.8 Å². The summed E-state index contributed by atoms with van der Waals surface area (Å²) in [6.45, 7) is 3.16. The van der Waals surface area contributed by atoms with Crippen LogP contribution in [0.3, 0.4) is 0 Å². The van der Waals surface area contributed by atoms with Gasteiger partial charge in [0.05, 0.1) is 5.41 Å². The number of benzene rings is 1. The molecule has 1 saturated carbocycles. The predicted octanol–water partition coefficient (Wildman–Crippen LogP) is 4.61. The lowest BCUT2D eigenvalue weighted by atomic mass is 9.78. The second-order valence-corrected chi connectivity index (χ2v) is 9.88. The van der Waals surface area contributed by atoms with E-state index >= 15 is 0 Å². The smallest absolute Gasteiger partial charge is 0.192 e. The van der Waals surface area contributed by atoms with Gasteiger partial charge in [0.15, 0.2) is 11.6 Å². The van der Waals surface area contributed by atoms with Crippen molar-refractivity contribution in [1.82, 2.24) is 40.7 Å². The molecule has 2 aliphatic rings. The summed E-state index contributed by atoms with van der Waals surface area (Å²) in [7, 11) is 0. The van der Waals surface area contributed by atoms with Gasteiger partial charge in [-0.2, -0.15) is 10.3 Å². The predicted molar refractivity (Wildman–Crippen MR) is 135 cm³/mol. The van der Waals surface area contributed by atoms with E-state index in [4.69, 9.17) is 10.1 Å². The Morgan fingerprint density at radius 1 is 1.06 bits per heavy atom. The molecule has 0 bridgehead atoms. The molecule has 1 aliphatic heterocycles. The molecule has 2 aromatic heterocycles. The van der Waals surface area contributed by atoms with Crippen LogP contribution in [0.15, 0.2) is 48.8 Å². The molecular formula is C27H36N8. The van der Waals surface area contributed by atoms with Crippen LogP contribution >= 0.6 is 0 Å². The molecule has 1 aromatic carbocycles. The first-order chi connectivity index (χ1) is 17.3. The second kappa shape index (κ2) is 11.0. The highest BCUT2D eigenvalue weighted by molar-refractivity contribution is 5.46. The number of nitrogens with one attached hydrogen (secondary N) is 2. The molecule has 5 rings (SSSR count). The van der Waals surface area contributed by atoms with Crippen LogP contribution in [0.2, 0.25) is 0 Å². The number of dihydropyridines is 1. The summed E-state index contributed by atoms with van der Waals surface area (Å²) in [5.74, 6) is 3.56. The molecule has 1 fully saturated rings. The van der Waals surface area contributed by atoms with E-state index in [0.29, 0.717) is 5.82 Å². The number of hydrogen-bond acceptors (Lipinski definition) is 6. The minimum absolute atomic E-state index is 0.537. The molecule has 8 heteroatoms. The minimum Gasteiger partial charge on any atom is -0.368 e. The Kier molecular flexibility index (Phi) is 7.35. The molecule has 3 aromatic rings. The van der Waals surface area contributed by atoms with Crippen molar-refractivity contribution in [3.8, 4) is 0 Å². The van der Waals surface area contributed by atoms with Gasteiger partial charge >= 0.3 is 0 Å². The first-order valence-corrected chi connectivity index (χ1v) is 13.1. The highest BCUT2D eigenvalue weighted by Gasteiger charge is 2.34. The highest BCUT2D eigenvalue weighted by atomic mass is 15.5. The molecule has 0 radical (unpaired) electrons. The number of aromatic amines is 1. The van der Waals surface area contributed by atoms with Gasteiger partial charge in [0.25, 0.3) is 0 Å². The summed E-state index contributed by atoms with van der Waals surface area (Å²) in [6.07, 6.45) is 20.2. The maximum atomic E-state index is 5.00. The molecule has 184 valence electrons. The van der Waals surface area contributed by atoms with Crippen molar-refractivity contribution < 1.29 is 0 Å². The summed E-state index contributed by atoms with van der Waals surface area (Å²) in [5.41, 5.74) is 1.78. The molecule has 0 unspecified atom stereocenters. The lowest BCUT2D eigenvalue weighted by Crippen LogP contribution is -2.28. The summed E-state index contributed by atoms with van der Waals surface area (Å²) in [5, 5.41) is 22.9. The Labute approximate surface area is 207 Å². The van der Waals surface area contributed by atoms with Gasteiger partial charge in [-0.1, -0.05) is 74.9 Å². The molecule has 35 heavy (non-hydrogen) atoms. The number of allylic oxidation sites excluding steroid dienone is 2. The number of H-pyrrole nitrogens is 1. The molecule has 3 heterocycles. The molecule has 8 nitrogen and oxygen atoms in total. The van der Waals surface area contributed by atoms with Gasteiger partial charge in [-0.15, -0.1) is 10.2 Å². The van der Waals surface area contributed by atoms with Crippen LogP contribution in [0.4, 0.5) is 0 Å². The van der Waals surface area contributed by atoms with Gasteiger partial charge in [0.2, 0.25) is 0 Å². The van der Waals surface area contributed by atoms with Gasteiger partial charge in [-0.05, 0) is 54.4 Å². The van der Waals surface area contributed by atoms with Crippen LogP contribution in [0, 0.1) is 5.92 Å². The third-order valence-electron chi connectivity index (χ3n) is 7.41. The van der Waals surface area contributed by atoms with Gasteiger partial charge in [0, 0.05) is 19.4 Å². The number of nitrogens with zero attached hydrogens (tertiary/aromatic N) is 6. The van der Waals surface area contributed by atoms with E-state index in [1.54, 1.807) is 0 Å². The van der Waals surface area contributed by atoms with E-state index in [9.17, 15) is 0 Å². The zero-order valence-corrected chi connectivity index (χ0v) is 20.7. The number of aryl methyl sites for hydroxylation is 2. The molecule has 0 atom stereocenters. The van der Waals surface area contributed by atoms with Crippen LogP contribution < -0.4 is 5.32 Å². The average molecular weight is 473 g/mol. The van der Waals surface area contributed by atoms with Crippen molar-refractivity contribution in [3.05, 3.63) is 77.4 Å². The first kappa shape index (κ1) is 23.5. The number of rotatable bonds is 10. The van der Waals surface area contributed by atoms with E-state index in [-0.39, 0.29) is 0 Å². The Balaban J connectivity index is 1.32. The minimum atomic E-state index is -0.537. The van der Waals surface area contributed by atoms with Crippen molar-refractivity contribution in [2.75, 3.05) is 0 Å². The third kappa shape index (κ3) is 5.36.